The summed E-state index contributed by atoms with van der Waals surface area (Å²) in [7, 11) is 0. The lowest BCUT2D eigenvalue weighted by Gasteiger charge is -2.28. The van der Waals surface area contributed by atoms with Crippen LogP contribution in [0, 0.1) is 12.8 Å². The number of allylic oxidation sites excluding steroid dienone is 2. The summed E-state index contributed by atoms with van der Waals surface area (Å²) in [4.78, 5) is 6.69. The summed E-state index contributed by atoms with van der Waals surface area (Å²) in [6.45, 7) is 8.63. The number of nitrogens with zero attached hydrogens (tertiary/aromatic N) is 2. The summed E-state index contributed by atoms with van der Waals surface area (Å²) >= 11 is 0. The zero-order chi connectivity index (χ0) is 20.1. The van der Waals surface area contributed by atoms with Gasteiger partial charge in [-0.1, -0.05) is 44.2 Å². The smallest absolute Gasteiger partial charge is 0.227 e. The van der Waals surface area contributed by atoms with Crippen LogP contribution in [-0.2, 0) is 4.74 Å². The first-order chi connectivity index (χ1) is 14.0. The van der Waals surface area contributed by atoms with E-state index in [4.69, 9.17) is 9.15 Å². The molecule has 29 heavy (non-hydrogen) atoms. The van der Waals surface area contributed by atoms with Gasteiger partial charge in [0.25, 0.3) is 0 Å². The molecule has 0 amide bonds. The van der Waals surface area contributed by atoms with Gasteiger partial charge in [-0.25, -0.2) is 4.98 Å². The van der Waals surface area contributed by atoms with E-state index in [2.05, 4.69) is 80.0 Å². The SMILES string of the molecule is CC1=C(C(C)C)OC(c2ccccc2)N1c1cc2c(cc1C)oc1ncccc12. The quantitative estimate of drug-likeness (QED) is 0.393. The summed E-state index contributed by atoms with van der Waals surface area (Å²) in [5, 5.41) is 2.11. The number of pyridine rings is 1. The van der Waals surface area contributed by atoms with Gasteiger partial charge in [0.1, 0.15) is 11.3 Å². The van der Waals surface area contributed by atoms with Crippen molar-refractivity contribution in [1.29, 1.82) is 0 Å². The van der Waals surface area contributed by atoms with Gasteiger partial charge in [0.15, 0.2) is 0 Å². The maximum absolute atomic E-state index is 6.49. The van der Waals surface area contributed by atoms with Gasteiger partial charge >= 0.3 is 0 Å². The molecule has 3 heterocycles. The van der Waals surface area contributed by atoms with Crippen molar-refractivity contribution >= 4 is 27.8 Å². The third-order valence-corrected chi connectivity index (χ3v) is 5.63. The number of hydrogen-bond acceptors (Lipinski definition) is 4. The molecule has 1 aliphatic rings. The maximum Gasteiger partial charge on any atom is 0.227 e. The van der Waals surface area contributed by atoms with Crippen molar-refractivity contribution < 1.29 is 9.15 Å². The van der Waals surface area contributed by atoms with Gasteiger partial charge in [0.2, 0.25) is 11.9 Å². The van der Waals surface area contributed by atoms with E-state index >= 15 is 0 Å². The molecule has 1 aliphatic heterocycles. The Labute approximate surface area is 170 Å². The molecule has 0 bridgehead atoms. The number of furan rings is 1. The first-order valence-corrected chi connectivity index (χ1v) is 10.0. The van der Waals surface area contributed by atoms with Crippen LogP contribution in [0.4, 0.5) is 5.69 Å². The summed E-state index contributed by atoms with van der Waals surface area (Å²) in [5.41, 5.74) is 6.10. The van der Waals surface area contributed by atoms with Crippen molar-refractivity contribution in [2.45, 2.75) is 33.9 Å². The van der Waals surface area contributed by atoms with Gasteiger partial charge in [-0.3, -0.25) is 0 Å². The lowest BCUT2D eigenvalue weighted by atomic mass is 10.1. The monoisotopic (exact) mass is 384 g/mol. The number of aromatic nitrogens is 1. The minimum Gasteiger partial charge on any atom is -0.468 e. The van der Waals surface area contributed by atoms with Crippen molar-refractivity contribution in [3.63, 3.8) is 0 Å². The molecule has 2 aromatic carbocycles. The van der Waals surface area contributed by atoms with E-state index in [0.29, 0.717) is 11.6 Å². The van der Waals surface area contributed by atoms with Crippen molar-refractivity contribution in [3.8, 4) is 0 Å². The van der Waals surface area contributed by atoms with Gasteiger partial charge in [0, 0.05) is 34.1 Å². The molecule has 0 spiro atoms. The molecule has 0 saturated heterocycles. The Kier molecular flexibility index (Phi) is 4.09. The minimum atomic E-state index is -0.180. The average Bonchev–Trinajstić information content (AvgIpc) is 3.25. The molecule has 2 aromatic heterocycles. The summed E-state index contributed by atoms with van der Waals surface area (Å²) < 4.78 is 12.5. The molecule has 4 heteroatoms. The molecule has 0 radical (unpaired) electrons. The lowest BCUT2D eigenvalue weighted by molar-refractivity contribution is 0.127. The van der Waals surface area contributed by atoms with Crippen LogP contribution in [0.2, 0.25) is 0 Å². The molecular formula is C25H24N2O2. The van der Waals surface area contributed by atoms with Crippen LogP contribution < -0.4 is 4.90 Å². The molecule has 5 rings (SSSR count). The number of rotatable bonds is 3. The van der Waals surface area contributed by atoms with Crippen LogP contribution in [0.1, 0.15) is 38.1 Å². The minimum absolute atomic E-state index is 0.180. The van der Waals surface area contributed by atoms with Gasteiger partial charge in [-0.05, 0) is 43.7 Å². The summed E-state index contributed by atoms with van der Waals surface area (Å²) in [6, 6.07) is 18.7. The van der Waals surface area contributed by atoms with Crippen molar-refractivity contribution in [3.05, 3.63) is 83.4 Å². The zero-order valence-electron chi connectivity index (χ0n) is 17.1. The van der Waals surface area contributed by atoms with Crippen LogP contribution >= 0.6 is 0 Å². The van der Waals surface area contributed by atoms with E-state index in [1.165, 1.54) is 0 Å². The second-order valence-corrected chi connectivity index (χ2v) is 7.95. The van der Waals surface area contributed by atoms with Crippen LogP contribution in [-0.4, -0.2) is 4.98 Å². The van der Waals surface area contributed by atoms with E-state index in [-0.39, 0.29) is 6.23 Å². The molecular weight excluding hydrogens is 360 g/mol. The number of anilines is 1. The highest BCUT2D eigenvalue weighted by Gasteiger charge is 2.35. The van der Waals surface area contributed by atoms with Gasteiger partial charge in [-0.2, -0.15) is 0 Å². The normalized spacial score (nSPS) is 17.0. The third kappa shape index (κ3) is 2.79. The Balaban J connectivity index is 1.73. The third-order valence-electron chi connectivity index (χ3n) is 5.63. The highest BCUT2D eigenvalue weighted by Crippen LogP contribution is 2.45. The van der Waals surface area contributed by atoms with Crippen LogP contribution in [0.25, 0.3) is 22.1 Å². The molecule has 4 nitrogen and oxygen atoms in total. The van der Waals surface area contributed by atoms with Gasteiger partial charge < -0.3 is 14.1 Å². The zero-order valence-corrected chi connectivity index (χ0v) is 17.1. The second kappa shape index (κ2) is 6.66. The van der Waals surface area contributed by atoms with Crippen LogP contribution in [0.5, 0.6) is 0 Å². The fraction of sp³-hybridized carbons (Fsp3) is 0.240. The van der Waals surface area contributed by atoms with E-state index in [9.17, 15) is 0 Å². The molecule has 0 saturated carbocycles. The number of fused-ring (bicyclic) bond motifs is 3. The van der Waals surface area contributed by atoms with Crippen molar-refractivity contribution in [1.82, 2.24) is 4.98 Å². The van der Waals surface area contributed by atoms with E-state index in [1.54, 1.807) is 6.20 Å². The highest BCUT2D eigenvalue weighted by atomic mass is 16.5. The molecule has 1 atom stereocenters. The highest BCUT2D eigenvalue weighted by molar-refractivity contribution is 6.05. The van der Waals surface area contributed by atoms with E-state index in [1.807, 2.05) is 12.1 Å². The Morgan fingerprint density at radius 2 is 1.76 bits per heavy atom. The standard InChI is InChI=1S/C25H24N2O2/c1-15(2)23-17(4)27(25(29-23)18-9-6-5-7-10-18)21-14-20-19-11-8-12-26-24(19)28-22(20)13-16(21)3/h5-15,25H,1-4H3. The molecule has 4 aromatic rings. The number of aryl methyl sites for hydroxylation is 1. The Morgan fingerprint density at radius 3 is 2.52 bits per heavy atom. The Bertz CT molecular complexity index is 1240. The first kappa shape index (κ1) is 17.8. The predicted octanol–water partition coefficient (Wildman–Crippen LogP) is 6.71. The second-order valence-electron chi connectivity index (χ2n) is 7.95. The van der Waals surface area contributed by atoms with Crippen LogP contribution in [0.3, 0.4) is 0 Å². The number of hydrogen-bond donors (Lipinski definition) is 0. The lowest BCUT2D eigenvalue weighted by Crippen LogP contribution is -2.23. The van der Waals surface area contributed by atoms with Crippen molar-refractivity contribution in [2.75, 3.05) is 4.90 Å². The maximum atomic E-state index is 6.49. The van der Waals surface area contributed by atoms with E-state index in [0.717, 1.165) is 44.6 Å². The Morgan fingerprint density at radius 1 is 0.966 bits per heavy atom. The molecule has 146 valence electrons. The fourth-order valence-electron chi connectivity index (χ4n) is 4.25. The number of benzene rings is 2. The van der Waals surface area contributed by atoms with Crippen LogP contribution in [0.15, 0.2) is 76.7 Å². The summed E-state index contributed by atoms with van der Waals surface area (Å²) in [6.07, 6.45) is 1.58. The fourth-order valence-corrected chi connectivity index (χ4v) is 4.25. The van der Waals surface area contributed by atoms with Gasteiger partial charge in [0.05, 0.1) is 5.70 Å². The molecule has 0 N–H and O–H groups in total. The topological polar surface area (TPSA) is 38.5 Å². The first-order valence-electron chi connectivity index (χ1n) is 10.0. The molecule has 0 aliphatic carbocycles. The van der Waals surface area contributed by atoms with Crippen molar-refractivity contribution in [2.24, 2.45) is 5.92 Å². The predicted molar refractivity (Wildman–Crippen MR) is 117 cm³/mol. The number of ether oxygens (including phenoxy) is 1. The largest absolute Gasteiger partial charge is 0.468 e. The molecule has 1 unspecified atom stereocenters. The molecule has 0 fully saturated rings. The van der Waals surface area contributed by atoms with Gasteiger partial charge in [-0.15, -0.1) is 0 Å². The van der Waals surface area contributed by atoms with E-state index < -0.39 is 0 Å². The summed E-state index contributed by atoms with van der Waals surface area (Å²) in [5.74, 6) is 1.35. The Hall–Kier alpha value is -3.27. The average molecular weight is 384 g/mol.